The molecule has 0 radical (unpaired) electrons. The van der Waals surface area contributed by atoms with Gasteiger partial charge in [-0.1, -0.05) is 44.2 Å². The van der Waals surface area contributed by atoms with Gasteiger partial charge in [0.25, 0.3) is 5.92 Å². The zero-order valence-electron chi connectivity index (χ0n) is 14.8. The van der Waals surface area contributed by atoms with Crippen LogP contribution in [0.5, 0.6) is 0 Å². The number of likely N-dealkylation sites (tertiary alicyclic amines) is 1. The molecule has 2 fully saturated rings. The summed E-state index contributed by atoms with van der Waals surface area (Å²) in [6.07, 6.45) is 1.50. The molecule has 2 aliphatic rings. The minimum atomic E-state index is -2.82. The van der Waals surface area contributed by atoms with E-state index in [0.717, 1.165) is 32.5 Å². The Labute approximate surface area is 153 Å². The summed E-state index contributed by atoms with van der Waals surface area (Å²) in [7, 11) is 0. The summed E-state index contributed by atoms with van der Waals surface area (Å²) >= 11 is 7.20. The van der Waals surface area contributed by atoms with Gasteiger partial charge in [-0.3, -0.25) is 0 Å². The normalized spacial score (nSPS) is 30.9. The van der Waals surface area contributed by atoms with E-state index in [4.69, 9.17) is 16.3 Å². The average molecular weight is 380 g/mol. The number of halogens is 3. The molecule has 2 heterocycles. The fraction of sp³-hybridized carbons (Fsp3) is 0.778. The molecular weight excluding hydrogens is 352 g/mol. The second kappa shape index (κ2) is 7.65. The zero-order chi connectivity index (χ0) is 18.1. The number of alkyl halides is 2. The van der Waals surface area contributed by atoms with Crippen molar-refractivity contribution in [1.29, 1.82) is 0 Å². The van der Waals surface area contributed by atoms with Crippen LogP contribution in [0.25, 0.3) is 0 Å². The molecule has 0 amide bonds. The van der Waals surface area contributed by atoms with Crippen LogP contribution in [-0.4, -0.2) is 47.9 Å². The van der Waals surface area contributed by atoms with Crippen molar-refractivity contribution in [3.05, 3.63) is 23.1 Å². The molecular formula is C18H28ClF2NOS. The Bertz CT molecular complexity index is 491. The first-order valence-corrected chi connectivity index (χ1v) is 9.74. The van der Waals surface area contributed by atoms with E-state index in [2.05, 4.69) is 25.0 Å². The standard InChI is InChI=1S/C18H28ClF2NOS/c1-12(2)13(3)10-22-8-6-17(7-9-22)16(24-15(5)19)14(4)18(20,21)11-23-17/h13-14,16H,1,5-11H2,2-4H3. The van der Waals surface area contributed by atoms with Crippen molar-refractivity contribution in [3.8, 4) is 0 Å². The number of thioether (sulfide) groups is 1. The summed E-state index contributed by atoms with van der Waals surface area (Å²) in [5, 5.41) is -0.369. The van der Waals surface area contributed by atoms with Crippen molar-refractivity contribution in [1.82, 2.24) is 4.90 Å². The van der Waals surface area contributed by atoms with Gasteiger partial charge >= 0.3 is 0 Å². The smallest absolute Gasteiger partial charge is 0.274 e. The van der Waals surface area contributed by atoms with Gasteiger partial charge in [0.2, 0.25) is 0 Å². The first-order chi connectivity index (χ1) is 11.1. The van der Waals surface area contributed by atoms with Crippen LogP contribution in [0.2, 0.25) is 0 Å². The molecule has 2 rings (SSSR count). The number of piperidine rings is 1. The number of nitrogens with zero attached hydrogens (tertiary/aromatic N) is 1. The van der Waals surface area contributed by atoms with E-state index in [1.54, 1.807) is 6.92 Å². The molecule has 0 N–H and O–H groups in total. The van der Waals surface area contributed by atoms with Crippen LogP contribution in [0.1, 0.15) is 33.6 Å². The molecule has 24 heavy (non-hydrogen) atoms. The van der Waals surface area contributed by atoms with Gasteiger partial charge in [-0.25, -0.2) is 8.78 Å². The van der Waals surface area contributed by atoms with Crippen LogP contribution in [0.3, 0.4) is 0 Å². The lowest BCUT2D eigenvalue weighted by atomic mass is 9.78. The topological polar surface area (TPSA) is 12.5 Å². The second-order valence-electron chi connectivity index (χ2n) is 7.34. The summed E-state index contributed by atoms with van der Waals surface area (Å²) < 4.78 is 34.4. The highest BCUT2D eigenvalue weighted by molar-refractivity contribution is 8.05. The molecule has 0 aromatic carbocycles. The first kappa shape index (κ1) is 20.2. The lowest BCUT2D eigenvalue weighted by Crippen LogP contribution is -2.62. The number of ether oxygens (including phenoxy) is 1. The van der Waals surface area contributed by atoms with E-state index in [9.17, 15) is 8.78 Å². The van der Waals surface area contributed by atoms with Gasteiger partial charge in [0, 0.05) is 30.8 Å². The van der Waals surface area contributed by atoms with Gasteiger partial charge in [-0.2, -0.15) is 0 Å². The zero-order valence-corrected chi connectivity index (χ0v) is 16.4. The van der Waals surface area contributed by atoms with Gasteiger partial charge < -0.3 is 9.64 Å². The van der Waals surface area contributed by atoms with E-state index >= 15 is 0 Å². The Hall–Kier alpha value is -0.100. The summed E-state index contributed by atoms with van der Waals surface area (Å²) in [4.78, 5) is 2.38. The predicted molar refractivity (Wildman–Crippen MR) is 98.8 cm³/mol. The molecule has 0 aliphatic carbocycles. The van der Waals surface area contributed by atoms with Crippen LogP contribution in [0.15, 0.2) is 23.1 Å². The van der Waals surface area contributed by atoms with Crippen molar-refractivity contribution in [3.63, 3.8) is 0 Å². The van der Waals surface area contributed by atoms with Crippen LogP contribution in [0.4, 0.5) is 8.78 Å². The van der Waals surface area contributed by atoms with E-state index in [1.165, 1.54) is 17.3 Å². The lowest BCUT2D eigenvalue weighted by Gasteiger charge is -2.52. The number of hydrogen-bond acceptors (Lipinski definition) is 3. The number of rotatable bonds is 5. The molecule has 0 bridgehead atoms. The highest BCUT2D eigenvalue weighted by Gasteiger charge is 2.57. The molecule has 138 valence electrons. The third kappa shape index (κ3) is 4.35. The van der Waals surface area contributed by atoms with Crippen LogP contribution < -0.4 is 0 Å². The Morgan fingerprint density at radius 1 is 1.38 bits per heavy atom. The van der Waals surface area contributed by atoms with Crippen LogP contribution in [-0.2, 0) is 4.74 Å². The molecule has 2 nitrogen and oxygen atoms in total. The minimum absolute atomic E-state index is 0.353. The third-order valence-electron chi connectivity index (χ3n) is 5.52. The summed E-state index contributed by atoms with van der Waals surface area (Å²) in [5.41, 5.74) is 0.636. The van der Waals surface area contributed by atoms with Crippen molar-refractivity contribution >= 4 is 23.4 Å². The molecule has 0 aromatic heterocycles. The molecule has 2 saturated heterocycles. The monoisotopic (exact) mass is 379 g/mol. The maximum Gasteiger partial charge on any atom is 0.274 e. The van der Waals surface area contributed by atoms with E-state index in [-0.39, 0.29) is 5.25 Å². The van der Waals surface area contributed by atoms with Gasteiger partial charge in [0.05, 0.1) is 9.97 Å². The average Bonchev–Trinajstić information content (AvgIpc) is 2.50. The molecule has 0 saturated carbocycles. The fourth-order valence-corrected chi connectivity index (χ4v) is 5.05. The Morgan fingerprint density at radius 2 is 1.96 bits per heavy atom. The highest BCUT2D eigenvalue weighted by Crippen LogP contribution is 2.51. The summed E-state index contributed by atoms with van der Waals surface area (Å²) in [6.45, 7) is 15.7. The van der Waals surface area contributed by atoms with Crippen molar-refractivity contribution in [2.75, 3.05) is 26.2 Å². The van der Waals surface area contributed by atoms with Crippen molar-refractivity contribution < 1.29 is 13.5 Å². The first-order valence-electron chi connectivity index (χ1n) is 8.48. The molecule has 3 unspecified atom stereocenters. The summed E-state index contributed by atoms with van der Waals surface area (Å²) in [5.74, 6) is -3.17. The van der Waals surface area contributed by atoms with Crippen LogP contribution in [0, 0.1) is 11.8 Å². The Kier molecular flexibility index (Phi) is 6.44. The highest BCUT2D eigenvalue weighted by atomic mass is 35.5. The molecule has 6 heteroatoms. The van der Waals surface area contributed by atoms with Gasteiger partial charge in [-0.05, 0) is 25.7 Å². The van der Waals surface area contributed by atoms with Crippen molar-refractivity contribution in [2.45, 2.75) is 50.4 Å². The quantitative estimate of drug-likeness (QED) is 0.613. The van der Waals surface area contributed by atoms with Crippen LogP contribution >= 0.6 is 23.4 Å². The van der Waals surface area contributed by atoms with Gasteiger partial charge in [-0.15, -0.1) is 11.8 Å². The van der Waals surface area contributed by atoms with Gasteiger partial charge in [0.15, 0.2) is 0 Å². The molecule has 1 spiro atoms. The largest absolute Gasteiger partial charge is 0.367 e. The SMILES string of the molecule is C=C(Cl)SC1C(C)C(F)(F)COC12CCN(CC(C)C(=C)C)CC2. The second-order valence-corrected chi connectivity index (χ2v) is 9.26. The minimum Gasteiger partial charge on any atom is -0.367 e. The predicted octanol–water partition coefficient (Wildman–Crippen LogP) is 5.15. The fourth-order valence-electron chi connectivity index (χ4n) is 3.56. The van der Waals surface area contributed by atoms with Gasteiger partial charge in [0.1, 0.15) is 6.61 Å². The maximum atomic E-state index is 14.1. The van der Waals surface area contributed by atoms with Crippen molar-refractivity contribution in [2.24, 2.45) is 11.8 Å². The lowest BCUT2D eigenvalue weighted by molar-refractivity contribution is -0.222. The number of hydrogen-bond donors (Lipinski definition) is 0. The Balaban J connectivity index is 2.08. The molecule has 3 atom stereocenters. The third-order valence-corrected chi connectivity index (χ3v) is 7.14. The summed E-state index contributed by atoms with van der Waals surface area (Å²) in [6, 6.07) is 0. The molecule has 0 aromatic rings. The maximum absolute atomic E-state index is 14.1. The Morgan fingerprint density at radius 3 is 2.46 bits per heavy atom. The van der Waals surface area contributed by atoms with E-state index in [1.807, 2.05) is 6.92 Å². The van der Waals surface area contributed by atoms with E-state index in [0.29, 0.717) is 10.3 Å². The van der Waals surface area contributed by atoms with E-state index < -0.39 is 24.0 Å². The molecule has 2 aliphatic heterocycles.